The van der Waals surface area contributed by atoms with Gasteiger partial charge < -0.3 is 14.0 Å². The number of carbonyl (C=O) groups is 1. The van der Waals surface area contributed by atoms with E-state index in [1.807, 2.05) is 30.3 Å². The van der Waals surface area contributed by atoms with Crippen molar-refractivity contribution in [2.75, 3.05) is 13.7 Å². The number of pyridine rings is 1. The molecule has 0 bridgehead atoms. The molecule has 8 nitrogen and oxygen atoms in total. The number of nitrogens with one attached hydrogen (secondary N) is 1. The van der Waals surface area contributed by atoms with Gasteiger partial charge in [0, 0.05) is 10.8 Å². The lowest BCUT2D eigenvalue weighted by molar-refractivity contribution is -0.121. The summed E-state index contributed by atoms with van der Waals surface area (Å²) in [5.74, 6) is 0.473. The molecule has 1 amide bonds. The Morgan fingerprint density at radius 2 is 1.79 bits per heavy atom. The zero-order valence-electron chi connectivity index (χ0n) is 18.1. The molecule has 34 heavy (non-hydrogen) atoms. The van der Waals surface area contributed by atoms with E-state index in [-0.39, 0.29) is 24.5 Å². The van der Waals surface area contributed by atoms with Crippen molar-refractivity contribution in [2.24, 2.45) is 5.10 Å². The summed E-state index contributed by atoms with van der Waals surface area (Å²) in [6, 6.07) is 19.7. The maximum atomic E-state index is 12.8. The van der Waals surface area contributed by atoms with Gasteiger partial charge in [0.2, 0.25) is 0 Å². The zero-order valence-corrected chi connectivity index (χ0v) is 19.7. The maximum Gasteiger partial charge on any atom is 0.260 e. The molecule has 0 saturated heterocycles. The summed E-state index contributed by atoms with van der Waals surface area (Å²) in [7, 11) is 1.49. The van der Waals surface area contributed by atoms with Crippen LogP contribution in [0.3, 0.4) is 0 Å². The Morgan fingerprint density at radius 3 is 2.41 bits per heavy atom. The molecule has 0 unspecified atom stereocenters. The number of nitriles is 1. The number of hydrogen-bond donors (Lipinski definition) is 1. The number of rotatable bonds is 7. The fraction of sp³-hybridized carbons (Fsp3) is 0.120. The van der Waals surface area contributed by atoms with Crippen LogP contribution in [0.15, 0.2) is 75.0 Å². The average Bonchev–Trinajstić information content (AvgIpc) is 2.85. The standard InChI is InChI=1S/C25H19BrN4O4/c1-33-22-13-16(12-19(26)25(22)34-11-10-27)14-28-29-23(31)15-30-20-8-4-2-6-17(20)24(32)18-7-3-5-9-21(18)30/h2-9,12-14H,11,15H2,1H3,(H,29,31). The maximum absolute atomic E-state index is 12.8. The third-order valence-corrected chi connectivity index (χ3v) is 5.71. The van der Waals surface area contributed by atoms with E-state index in [1.54, 1.807) is 41.0 Å². The van der Waals surface area contributed by atoms with Crippen LogP contribution >= 0.6 is 15.9 Å². The van der Waals surface area contributed by atoms with Crippen molar-refractivity contribution in [1.82, 2.24) is 9.99 Å². The van der Waals surface area contributed by atoms with Crippen molar-refractivity contribution in [3.63, 3.8) is 0 Å². The van der Waals surface area contributed by atoms with Gasteiger partial charge in [-0.05, 0) is 57.9 Å². The van der Waals surface area contributed by atoms with E-state index >= 15 is 0 Å². The minimum Gasteiger partial charge on any atom is -0.493 e. The number of benzene rings is 3. The van der Waals surface area contributed by atoms with Gasteiger partial charge in [0.1, 0.15) is 12.6 Å². The molecular formula is C25H19BrN4O4. The van der Waals surface area contributed by atoms with Crippen molar-refractivity contribution < 1.29 is 14.3 Å². The van der Waals surface area contributed by atoms with Crippen LogP contribution in [0.2, 0.25) is 0 Å². The first-order chi connectivity index (χ1) is 16.5. The number of para-hydroxylation sites is 2. The van der Waals surface area contributed by atoms with E-state index in [0.29, 0.717) is 43.3 Å². The van der Waals surface area contributed by atoms with Gasteiger partial charge in [-0.25, -0.2) is 5.43 Å². The second-order valence-electron chi connectivity index (χ2n) is 7.22. The molecule has 0 spiro atoms. The number of hydrazone groups is 1. The number of ether oxygens (including phenoxy) is 2. The van der Waals surface area contributed by atoms with Gasteiger partial charge in [-0.15, -0.1) is 0 Å². The number of methoxy groups -OCH3 is 1. The molecule has 170 valence electrons. The number of aromatic nitrogens is 1. The van der Waals surface area contributed by atoms with Gasteiger partial charge in [0.15, 0.2) is 23.5 Å². The second kappa shape index (κ2) is 10.2. The summed E-state index contributed by atoms with van der Waals surface area (Å²) in [6.07, 6.45) is 1.47. The molecule has 0 aliphatic rings. The quantitative estimate of drug-likeness (QED) is 0.226. The van der Waals surface area contributed by atoms with E-state index in [4.69, 9.17) is 14.7 Å². The Balaban J connectivity index is 1.57. The van der Waals surface area contributed by atoms with E-state index in [1.165, 1.54) is 13.3 Å². The molecule has 4 rings (SSSR count). The number of amides is 1. The Labute approximate surface area is 203 Å². The van der Waals surface area contributed by atoms with Crippen LogP contribution in [0, 0.1) is 11.3 Å². The lowest BCUT2D eigenvalue weighted by Crippen LogP contribution is -2.25. The minimum atomic E-state index is -0.352. The first-order valence-corrected chi connectivity index (χ1v) is 11.0. The van der Waals surface area contributed by atoms with Crippen LogP contribution in [-0.2, 0) is 11.3 Å². The van der Waals surface area contributed by atoms with Crippen LogP contribution in [0.4, 0.5) is 0 Å². The Morgan fingerprint density at radius 1 is 1.15 bits per heavy atom. The van der Waals surface area contributed by atoms with E-state index in [0.717, 1.165) is 0 Å². The largest absolute Gasteiger partial charge is 0.493 e. The molecule has 3 aromatic carbocycles. The Kier molecular flexibility index (Phi) is 6.90. The first kappa shape index (κ1) is 23.0. The van der Waals surface area contributed by atoms with Crippen LogP contribution in [0.5, 0.6) is 11.5 Å². The number of fused-ring (bicyclic) bond motifs is 2. The molecule has 0 atom stereocenters. The van der Waals surface area contributed by atoms with Crippen molar-refractivity contribution in [3.05, 3.63) is 80.9 Å². The van der Waals surface area contributed by atoms with Crippen molar-refractivity contribution in [3.8, 4) is 17.6 Å². The number of halogens is 1. The highest BCUT2D eigenvalue weighted by Gasteiger charge is 2.13. The molecule has 0 radical (unpaired) electrons. The molecule has 0 fully saturated rings. The molecule has 1 N–H and O–H groups in total. The van der Waals surface area contributed by atoms with Gasteiger partial charge in [0.25, 0.3) is 5.91 Å². The van der Waals surface area contributed by atoms with Crippen molar-refractivity contribution in [1.29, 1.82) is 5.26 Å². The average molecular weight is 519 g/mol. The van der Waals surface area contributed by atoms with E-state index in [9.17, 15) is 9.59 Å². The summed E-state index contributed by atoms with van der Waals surface area (Å²) in [5.41, 5.74) is 4.46. The summed E-state index contributed by atoms with van der Waals surface area (Å²) in [6.45, 7) is -0.139. The summed E-state index contributed by atoms with van der Waals surface area (Å²) < 4.78 is 13.1. The smallest absolute Gasteiger partial charge is 0.260 e. The Bertz CT molecular complexity index is 1460. The molecule has 1 heterocycles. The van der Waals surface area contributed by atoms with E-state index < -0.39 is 0 Å². The fourth-order valence-corrected chi connectivity index (χ4v) is 4.24. The zero-order chi connectivity index (χ0) is 24.1. The van der Waals surface area contributed by atoms with Crippen molar-refractivity contribution in [2.45, 2.75) is 6.54 Å². The highest BCUT2D eigenvalue weighted by atomic mass is 79.9. The van der Waals surface area contributed by atoms with Crippen LogP contribution in [0.1, 0.15) is 5.56 Å². The number of hydrogen-bond acceptors (Lipinski definition) is 6. The molecular weight excluding hydrogens is 500 g/mol. The van der Waals surface area contributed by atoms with Gasteiger partial charge in [-0.2, -0.15) is 10.4 Å². The third kappa shape index (κ3) is 4.63. The highest BCUT2D eigenvalue weighted by molar-refractivity contribution is 9.10. The summed E-state index contributed by atoms with van der Waals surface area (Å²) >= 11 is 3.39. The molecule has 1 aromatic heterocycles. The predicted molar refractivity (Wildman–Crippen MR) is 133 cm³/mol. The van der Waals surface area contributed by atoms with Gasteiger partial charge in [0.05, 0.1) is 28.8 Å². The summed E-state index contributed by atoms with van der Waals surface area (Å²) in [5, 5.41) is 13.9. The molecule has 4 aromatic rings. The molecule has 0 saturated carbocycles. The van der Waals surface area contributed by atoms with Crippen LogP contribution in [-0.4, -0.2) is 30.4 Å². The fourth-order valence-electron chi connectivity index (χ4n) is 3.66. The normalized spacial score (nSPS) is 11.0. The lowest BCUT2D eigenvalue weighted by Gasteiger charge is -2.14. The molecule has 9 heteroatoms. The van der Waals surface area contributed by atoms with Crippen LogP contribution in [0.25, 0.3) is 21.8 Å². The van der Waals surface area contributed by atoms with Crippen LogP contribution < -0.4 is 20.3 Å². The van der Waals surface area contributed by atoms with Gasteiger partial charge >= 0.3 is 0 Å². The molecule has 0 aliphatic heterocycles. The minimum absolute atomic E-state index is 0.0212. The lowest BCUT2D eigenvalue weighted by atomic mass is 10.1. The van der Waals surface area contributed by atoms with Gasteiger partial charge in [-0.3, -0.25) is 9.59 Å². The highest BCUT2D eigenvalue weighted by Crippen LogP contribution is 2.36. The summed E-state index contributed by atoms with van der Waals surface area (Å²) in [4.78, 5) is 25.6. The third-order valence-electron chi connectivity index (χ3n) is 5.12. The number of carbonyl (C=O) groups excluding carboxylic acids is 1. The van der Waals surface area contributed by atoms with Crippen molar-refractivity contribution >= 4 is 49.9 Å². The first-order valence-electron chi connectivity index (χ1n) is 10.2. The van der Waals surface area contributed by atoms with Gasteiger partial charge in [-0.1, -0.05) is 24.3 Å². The SMILES string of the molecule is COc1cc(C=NNC(=O)Cn2c3ccccc3c(=O)c3ccccc32)cc(Br)c1OCC#N. The molecule has 0 aliphatic carbocycles. The predicted octanol–water partition coefficient (Wildman–Crippen LogP) is 3.98. The Hall–Kier alpha value is -4.16. The topological polar surface area (TPSA) is 106 Å². The second-order valence-corrected chi connectivity index (χ2v) is 8.08. The monoisotopic (exact) mass is 518 g/mol. The number of nitrogens with zero attached hydrogens (tertiary/aromatic N) is 3. The van der Waals surface area contributed by atoms with E-state index in [2.05, 4.69) is 26.5 Å².